The largest absolute Gasteiger partial charge is 0.673 e. The molecule has 0 radical (unpaired) electrons. The normalized spacial score (nSPS) is 11.0. The standard InChI is InChI=1S/C20H23N2O2.BF4/c1-12(2)17-10-16(11-18(13(3)4)19(17)22-21)14-7-6-8-15(9-14)20(23)24-5;2-1(3,4)5/h6-13H,1-5H3;/q+1;-1. The van der Waals surface area contributed by atoms with Gasteiger partial charge in [-0.1, -0.05) is 39.8 Å². The smallest absolute Gasteiger partial charge is 0.465 e. The second-order valence-corrected chi connectivity index (χ2v) is 6.98. The van der Waals surface area contributed by atoms with Crippen LogP contribution in [0.2, 0.25) is 0 Å². The van der Waals surface area contributed by atoms with Gasteiger partial charge in [0.1, 0.15) is 0 Å². The van der Waals surface area contributed by atoms with Crippen molar-refractivity contribution >= 4 is 18.9 Å². The number of hydrogen-bond acceptors (Lipinski definition) is 3. The summed E-state index contributed by atoms with van der Waals surface area (Å²) in [5, 5.41) is 9.47. The summed E-state index contributed by atoms with van der Waals surface area (Å²) in [6.07, 6.45) is 0. The molecule has 4 nitrogen and oxygen atoms in total. The van der Waals surface area contributed by atoms with Gasteiger partial charge in [-0.3, -0.25) is 0 Å². The third kappa shape index (κ3) is 7.22. The number of carbonyl (C=O) groups excluding carboxylic acids is 1. The van der Waals surface area contributed by atoms with E-state index in [-0.39, 0.29) is 17.8 Å². The number of ether oxygens (including phenoxy) is 1. The highest BCUT2D eigenvalue weighted by molar-refractivity contribution is 6.50. The van der Waals surface area contributed by atoms with Crippen molar-refractivity contribution < 1.29 is 26.8 Å². The Labute approximate surface area is 167 Å². The van der Waals surface area contributed by atoms with E-state index in [4.69, 9.17) is 4.74 Å². The lowest BCUT2D eigenvalue weighted by Crippen LogP contribution is -2.02. The molecule has 0 aromatic heterocycles. The van der Waals surface area contributed by atoms with E-state index in [1.807, 2.05) is 30.3 Å². The van der Waals surface area contributed by atoms with Crippen molar-refractivity contribution in [1.29, 1.82) is 5.39 Å². The summed E-state index contributed by atoms with van der Waals surface area (Å²) in [5.41, 5.74) is 5.08. The molecule has 2 aromatic rings. The minimum absolute atomic E-state index is 0.220. The summed E-state index contributed by atoms with van der Waals surface area (Å²) < 4.78 is 43.8. The van der Waals surface area contributed by atoms with Crippen molar-refractivity contribution in [3.05, 3.63) is 58.1 Å². The Morgan fingerprint density at radius 1 is 0.966 bits per heavy atom. The number of nitrogens with zero attached hydrogens (tertiary/aromatic N) is 2. The van der Waals surface area contributed by atoms with Crippen LogP contribution in [-0.2, 0) is 4.74 Å². The predicted octanol–water partition coefficient (Wildman–Crippen LogP) is 7.17. The van der Waals surface area contributed by atoms with Gasteiger partial charge in [0, 0.05) is 0 Å². The zero-order valence-electron chi connectivity index (χ0n) is 16.9. The van der Waals surface area contributed by atoms with Crippen LogP contribution in [0.25, 0.3) is 16.1 Å². The summed E-state index contributed by atoms with van der Waals surface area (Å²) in [6, 6.07) is 11.4. The predicted molar refractivity (Wildman–Crippen MR) is 106 cm³/mol. The van der Waals surface area contributed by atoms with Crippen LogP contribution in [0.15, 0.2) is 36.4 Å². The van der Waals surface area contributed by atoms with E-state index >= 15 is 0 Å². The summed E-state index contributed by atoms with van der Waals surface area (Å²) in [6.45, 7) is 8.29. The Kier molecular flexibility index (Phi) is 8.37. The molecule has 2 rings (SSSR count). The first-order valence-electron chi connectivity index (χ1n) is 8.98. The molecule has 0 N–H and O–H groups in total. The number of benzene rings is 2. The number of carbonyl (C=O) groups is 1. The first-order valence-corrected chi connectivity index (χ1v) is 8.98. The summed E-state index contributed by atoms with van der Waals surface area (Å²) >= 11 is 0. The fourth-order valence-electron chi connectivity index (χ4n) is 2.79. The molecular formula is C20H23BF4N2O2. The molecule has 29 heavy (non-hydrogen) atoms. The van der Waals surface area contributed by atoms with E-state index in [1.54, 1.807) is 6.07 Å². The van der Waals surface area contributed by atoms with Crippen LogP contribution >= 0.6 is 0 Å². The minimum atomic E-state index is -6.00. The molecule has 0 aliphatic heterocycles. The van der Waals surface area contributed by atoms with Crippen LogP contribution in [0.1, 0.15) is 61.0 Å². The molecule has 0 fully saturated rings. The monoisotopic (exact) mass is 410 g/mol. The lowest BCUT2D eigenvalue weighted by atomic mass is 9.88. The Morgan fingerprint density at radius 3 is 1.83 bits per heavy atom. The molecule has 0 aliphatic carbocycles. The molecule has 9 heteroatoms. The fraction of sp³-hybridized carbons (Fsp3) is 0.350. The second-order valence-electron chi connectivity index (χ2n) is 6.98. The van der Waals surface area contributed by atoms with Crippen molar-refractivity contribution in [3.8, 4) is 11.1 Å². The van der Waals surface area contributed by atoms with Crippen LogP contribution < -0.4 is 0 Å². The van der Waals surface area contributed by atoms with E-state index in [0.717, 1.165) is 22.3 Å². The number of rotatable bonds is 4. The first-order chi connectivity index (χ1) is 13.4. The summed E-state index contributed by atoms with van der Waals surface area (Å²) in [5.74, 6) is 0.0845. The molecule has 0 spiro atoms. The maximum absolute atomic E-state index is 11.8. The van der Waals surface area contributed by atoms with Crippen LogP contribution in [0.5, 0.6) is 0 Å². The van der Waals surface area contributed by atoms with Crippen LogP contribution in [0, 0.1) is 5.39 Å². The molecule has 0 unspecified atom stereocenters. The molecule has 0 saturated heterocycles. The topological polar surface area (TPSA) is 54.5 Å². The van der Waals surface area contributed by atoms with Crippen molar-refractivity contribution in [2.45, 2.75) is 39.5 Å². The number of hydrogen-bond donors (Lipinski definition) is 0. The van der Waals surface area contributed by atoms with Crippen LogP contribution in [0.3, 0.4) is 0 Å². The lowest BCUT2D eigenvalue weighted by Gasteiger charge is -2.12. The Morgan fingerprint density at radius 2 is 1.45 bits per heavy atom. The van der Waals surface area contributed by atoms with E-state index in [9.17, 15) is 27.5 Å². The van der Waals surface area contributed by atoms with E-state index in [0.29, 0.717) is 11.3 Å². The average Bonchev–Trinajstić information content (AvgIpc) is 2.64. The highest BCUT2D eigenvalue weighted by atomic mass is 19.5. The van der Waals surface area contributed by atoms with Crippen molar-refractivity contribution in [2.24, 2.45) is 0 Å². The molecule has 0 heterocycles. The summed E-state index contributed by atoms with van der Waals surface area (Å²) in [4.78, 5) is 15.3. The van der Waals surface area contributed by atoms with Crippen LogP contribution in [0.4, 0.5) is 23.0 Å². The molecule has 2 aromatic carbocycles. The van der Waals surface area contributed by atoms with Crippen molar-refractivity contribution in [1.82, 2.24) is 0 Å². The van der Waals surface area contributed by atoms with Crippen LogP contribution in [-0.4, -0.2) is 20.3 Å². The van der Waals surface area contributed by atoms with Gasteiger partial charge in [0.05, 0.1) is 23.8 Å². The quantitative estimate of drug-likeness (QED) is 0.232. The van der Waals surface area contributed by atoms with Gasteiger partial charge in [0.25, 0.3) is 0 Å². The van der Waals surface area contributed by atoms with Gasteiger partial charge in [-0.15, -0.1) is 0 Å². The van der Waals surface area contributed by atoms with Gasteiger partial charge < -0.3 is 22.0 Å². The first kappa shape index (κ1) is 24.2. The second kappa shape index (κ2) is 10.1. The zero-order valence-corrected chi connectivity index (χ0v) is 16.9. The number of methoxy groups -OCH3 is 1. The maximum Gasteiger partial charge on any atom is 0.673 e. The SMILES string of the molecule is COC(=O)c1cccc(-c2cc(C(C)C)c([N+]#N)c(C(C)C)c2)c1.F[B-](F)(F)F. The van der Waals surface area contributed by atoms with E-state index in [1.165, 1.54) is 7.11 Å². The molecule has 156 valence electrons. The number of halogens is 4. The van der Waals surface area contributed by atoms with Gasteiger partial charge in [-0.25, -0.2) is 4.79 Å². The van der Waals surface area contributed by atoms with Gasteiger partial charge >= 0.3 is 18.9 Å². The Bertz CT molecular complexity index is 871. The average molecular weight is 410 g/mol. The summed E-state index contributed by atoms with van der Waals surface area (Å²) in [7, 11) is -4.62. The van der Waals surface area contributed by atoms with Crippen molar-refractivity contribution in [3.63, 3.8) is 0 Å². The lowest BCUT2D eigenvalue weighted by molar-refractivity contribution is 0.0600. The highest BCUT2D eigenvalue weighted by Crippen LogP contribution is 2.39. The number of diazo groups is 1. The van der Waals surface area contributed by atoms with Crippen molar-refractivity contribution in [2.75, 3.05) is 7.11 Å². The van der Waals surface area contributed by atoms with E-state index < -0.39 is 7.25 Å². The maximum atomic E-state index is 11.8. The Balaban J connectivity index is 0.000000749. The van der Waals surface area contributed by atoms with Gasteiger partial charge in [0.2, 0.25) is 5.39 Å². The Hall–Kier alpha value is -2.89. The third-order valence-electron chi connectivity index (χ3n) is 4.13. The molecule has 0 bridgehead atoms. The zero-order chi connectivity index (χ0) is 22.4. The van der Waals surface area contributed by atoms with E-state index in [2.05, 4.69) is 32.7 Å². The minimum Gasteiger partial charge on any atom is -0.465 e. The molecule has 0 saturated carbocycles. The molecular weight excluding hydrogens is 387 g/mol. The molecule has 0 aliphatic rings. The highest BCUT2D eigenvalue weighted by Gasteiger charge is 2.25. The van der Waals surface area contributed by atoms with Gasteiger partial charge in [0.15, 0.2) is 4.98 Å². The van der Waals surface area contributed by atoms with Gasteiger partial charge in [-0.05, 0) is 47.2 Å². The number of esters is 1. The third-order valence-corrected chi connectivity index (χ3v) is 4.13. The fourth-order valence-corrected chi connectivity index (χ4v) is 2.79. The van der Waals surface area contributed by atoms with Gasteiger partial charge in [-0.2, -0.15) is 0 Å². The molecule has 0 atom stereocenters. The molecule has 0 amide bonds.